The number of hydrogen-bond acceptors (Lipinski definition) is 4. The quantitative estimate of drug-likeness (QED) is 0.793. The number of halogens is 3. The highest BCUT2D eigenvalue weighted by molar-refractivity contribution is 7.90. The molecule has 0 fully saturated rings. The van der Waals surface area contributed by atoms with E-state index < -0.39 is 38.7 Å². The number of rotatable bonds is 3. The summed E-state index contributed by atoms with van der Waals surface area (Å²) in [6.07, 6.45) is 0.929. The van der Waals surface area contributed by atoms with Crippen molar-refractivity contribution in [3.8, 4) is 0 Å². The second-order valence-electron chi connectivity index (χ2n) is 6.68. The molecule has 0 aromatic heterocycles. The van der Waals surface area contributed by atoms with Gasteiger partial charge in [0.15, 0.2) is 15.4 Å². The molecule has 1 aliphatic rings. The fourth-order valence-electron chi connectivity index (χ4n) is 2.79. The monoisotopic (exact) mass is 396 g/mol. The van der Waals surface area contributed by atoms with Crippen LogP contribution in [-0.4, -0.2) is 26.1 Å². The fraction of sp³-hybridized carbons (Fsp3) is 0.211. The van der Waals surface area contributed by atoms with Gasteiger partial charge in [-0.2, -0.15) is 0 Å². The summed E-state index contributed by atoms with van der Waals surface area (Å²) in [6.45, 7) is 2.87. The number of benzene rings is 2. The van der Waals surface area contributed by atoms with E-state index in [2.05, 4.69) is 0 Å². The molecule has 2 aromatic carbocycles. The van der Waals surface area contributed by atoms with E-state index in [9.17, 15) is 26.4 Å². The van der Waals surface area contributed by atoms with Crippen LogP contribution >= 0.6 is 0 Å². The standard InChI is InChI=1S/C19H15F3O4S/c1-19(2)18(23)16(12-6-4-10(20)8-14(12)21)17(26-19)13-7-5-11(9-15(13)22)27(3,24)25/h4-9H,1-3H3. The van der Waals surface area contributed by atoms with Crippen molar-refractivity contribution in [2.24, 2.45) is 0 Å². The largest absolute Gasteiger partial charge is 0.478 e. The summed E-state index contributed by atoms with van der Waals surface area (Å²) >= 11 is 0. The highest BCUT2D eigenvalue weighted by atomic mass is 32.2. The Morgan fingerprint density at radius 2 is 1.52 bits per heavy atom. The molecule has 1 aliphatic heterocycles. The molecule has 3 rings (SSSR count). The molecule has 0 amide bonds. The van der Waals surface area contributed by atoms with E-state index >= 15 is 0 Å². The van der Waals surface area contributed by atoms with E-state index in [4.69, 9.17) is 4.74 Å². The van der Waals surface area contributed by atoms with Crippen LogP contribution in [0.5, 0.6) is 0 Å². The van der Waals surface area contributed by atoms with Gasteiger partial charge in [0.25, 0.3) is 0 Å². The predicted octanol–water partition coefficient (Wildman–Crippen LogP) is 3.75. The first-order valence-electron chi connectivity index (χ1n) is 7.85. The number of ether oxygens (including phenoxy) is 1. The van der Waals surface area contributed by atoms with Crippen molar-refractivity contribution in [2.45, 2.75) is 24.3 Å². The Balaban J connectivity index is 2.27. The Hall–Kier alpha value is -2.61. The zero-order valence-corrected chi connectivity index (χ0v) is 15.5. The summed E-state index contributed by atoms with van der Waals surface area (Å²) in [4.78, 5) is 12.5. The van der Waals surface area contributed by atoms with Crippen LogP contribution in [0.15, 0.2) is 41.3 Å². The van der Waals surface area contributed by atoms with Crippen LogP contribution in [0.3, 0.4) is 0 Å². The highest BCUT2D eigenvalue weighted by Gasteiger charge is 2.44. The second-order valence-corrected chi connectivity index (χ2v) is 8.70. The molecule has 0 saturated carbocycles. The lowest BCUT2D eigenvalue weighted by Gasteiger charge is -2.18. The van der Waals surface area contributed by atoms with Gasteiger partial charge in [0.1, 0.15) is 23.2 Å². The van der Waals surface area contributed by atoms with Crippen molar-refractivity contribution in [3.05, 3.63) is 65.0 Å². The van der Waals surface area contributed by atoms with Crippen LogP contribution in [0.2, 0.25) is 0 Å². The van der Waals surface area contributed by atoms with Gasteiger partial charge in [-0.25, -0.2) is 21.6 Å². The Morgan fingerprint density at radius 1 is 0.926 bits per heavy atom. The first-order valence-corrected chi connectivity index (χ1v) is 9.74. The summed E-state index contributed by atoms with van der Waals surface area (Å²) < 4.78 is 70.9. The van der Waals surface area contributed by atoms with Crippen LogP contribution < -0.4 is 0 Å². The molecular formula is C19H15F3O4S. The average Bonchev–Trinajstić information content (AvgIpc) is 2.77. The summed E-state index contributed by atoms with van der Waals surface area (Å²) in [5.74, 6) is -3.60. The van der Waals surface area contributed by atoms with E-state index in [0.29, 0.717) is 6.07 Å². The van der Waals surface area contributed by atoms with Gasteiger partial charge in [0, 0.05) is 17.9 Å². The maximum atomic E-state index is 14.6. The predicted molar refractivity (Wildman–Crippen MR) is 92.9 cm³/mol. The first-order chi connectivity index (χ1) is 12.4. The Morgan fingerprint density at radius 3 is 2.07 bits per heavy atom. The molecule has 8 heteroatoms. The molecule has 0 aliphatic carbocycles. The van der Waals surface area contributed by atoms with Gasteiger partial charge in [0.2, 0.25) is 5.78 Å². The SMILES string of the molecule is CC1(C)OC(c2ccc(S(C)(=O)=O)cc2F)=C(c2ccc(F)cc2F)C1=O. The normalized spacial score (nSPS) is 16.6. The van der Waals surface area contributed by atoms with Crippen molar-refractivity contribution in [1.29, 1.82) is 0 Å². The molecule has 4 nitrogen and oxygen atoms in total. The molecule has 0 unspecified atom stereocenters. The molecule has 142 valence electrons. The number of carbonyl (C=O) groups is 1. The summed E-state index contributed by atoms with van der Waals surface area (Å²) in [5.41, 5.74) is -2.05. The third kappa shape index (κ3) is 3.37. The molecule has 0 bridgehead atoms. The Kier molecular flexibility index (Phi) is 4.42. The maximum Gasteiger partial charge on any atom is 0.210 e. The zero-order chi connectivity index (χ0) is 20.1. The topological polar surface area (TPSA) is 60.4 Å². The minimum absolute atomic E-state index is 0.194. The lowest BCUT2D eigenvalue weighted by Crippen LogP contribution is -2.29. The first kappa shape index (κ1) is 19.2. The lowest BCUT2D eigenvalue weighted by atomic mass is 9.92. The van der Waals surface area contributed by atoms with Crippen molar-refractivity contribution in [3.63, 3.8) is 0 Å². The lowest BCUT2D eigenvalue weighted by molar-refractivity contribution is -0.125. The van der Waals surface area contributed by atoms with E-state index in [1.165, 1.54) is 19.9 Å². The van der Waals surface area contributed by atoms with Gasteiger partial charge >= 0.3 is 0 Å². The molecule has 0 atom stereocenters. The van der Waals surface area contributed by atoms with E-state index in [1.54, 1.807) is 0 Å². The summed E-state index contributed by atoms with van der Waals surface area (Å²) in [7, 11) is -3.64. The summed E-state index contributed by atoms with van der Waals surface area (Å²) in [5, 5.41) is 0. The third-order valence-electron chi connectivity index (χ3n) is 4.17. The number of hydrogen-bond donors (Lipinski definition) is 0. The number of sulfone groups is 1. The van der Waals surface area contributed by atoms with Crippen LogP contribution in [0.1, 0.15) is 25.0 Å². The average molecular weight is 396 g/mol. The number of Topliss-reactive ketones (excluding diaryl/α,β-unsaturated/α-hetero) is 1. The van der Waals surface area contributed by atoms with E-state index in [1.807, 2.05) is 0 Å². The van der Waals surface area contributed by atoms with Crippen molar-refractivity contribution in [2.75, 3.05) is 6.26 Å². The Bertz CT molecular complexity index is 1100. The number of ketones is 1. The van der Waals surface area contributed by atoms with Crippen LogP contribution in [0.25, 0.3) is 11.3 Å². The van der Waals surface area contributed by atoms with Crippen LogP contribution in [0, 0.1) is 17.5 Å². The van der Waals surface area contributed by atoms with Gasteiger partial charge in [-0.3, -0.25) is 4.79 Å². The van der Waals surface area contributed by atoms with E-state index in [0.717, 1.165) is 30.5 Å². The smallest absolute Gasteiger partial charge is 0.210 e. The maximum absolute atomic E-state index is 14.6. The third-order valence-corrected chi connectivity index (χ3v) is 5.28. The van der Waals surface area contributed by atoms with Gasteiger partial charge in [-0.1, -0.05) is 0 Å². The Labute approximate surface area is 154 Å². The molecule has 2 aromatic rings. The van der Waals surface area contributed by atoms with Crippen LogP contribution in [0.4, 0.5) is 13.2 Å². The van der Waals surface area contributed by atoms with Crippen LogP contribution in [-0.2, 0) is 19.4 Å². The van der Waals surface area contributed by atoms with Crippen molar-refractivity contribution in [1.82, 2.24) is 0 Å². The molecule has 0 radical (unpaired) electrons. The molecule has 0 N–H and O–H groups in total. The number of carbonyl (C=O) groups excluding carboxylic acids is 1. The van der Waals surface area contributed by atoms with Gasteiger partial charge in [-0.05, 0) is 44.2 Å². The molecule has 0 spiro atoms. The minimum atomic E-state index is -3.64. The van der Waals surface area contributed by atoms with E-state index in [-0.39, 0.29) is 27.4 Å². The van der Waals surface area contributed by atoms with Gasteiger partial charge < -0.3 is 4.74 Å². The molecule has 1 heterocycles. The summed E-state index contributed by atoms with van der Waals surface area (Å²) in [6, 6.07) is 5.78. The highest BCUT2D eigenvalue weighted by Crippen LogP contribution is 2.42. The molecular weight excluding hydrogens is 381 g/mol. The van der Waals surface area contributed by atoms with Gasteiger partial charge in [-0.15, -0.1) is 0 Å². The second kappa shape index (κ2) is 6.23. The zero-order valence-electron chi connectivity index (χ0n) is 14.6. The fourth-order valence-corrected chi connectivity index (χ4v) is 3.43. The minimum Gasteiger partial charge on any atom is -0.478 e. The van der Waals surface area contributed by atoms with Crippen molar-refractivity contribution < 1.29 is 31.1 Å². The molecule has 0 saturated heterocycles. The van der Waals surface area contributed by atoms with Crippen molar-refractivity contribution >= 4 is 27.0 Å². The molecule has 27 heavy (non-hydrogen) atoms. The van der Waals surface area contributed by atoms with Gasteiger partial charge in [0.05, 0.1) is 16.0 Å².